The van der Waals surface area contributed by atoms with Crippen molar-refractivity contribution in [3.63, 3.8) is 0 Å². The smallest absolute Gasteiger partial charge is 0.0887 e. The quantitative estimate of drug-likeness (QED) is 0.102. The fourth-order valence-corrected chi connectivity index (χ4v) is 5.49. The lowest BCUT2D eigenvalue weighted by molar-refractivity contribution is 0.300. The predicted molar refractivity (Wildman–Crippen MR) is 240 cm³/mol. The molecule has 0 aromatic heterocycles. The first-order chi connectivity index (χ1) is 27.7. The van der Waals surface area contributed by atoms with Gasteiger partial charge in [-0.05, 0) is 122 Å². The Morgan fingerprint density at radius 1 is 0.431 bits per heavy atom. The second-order valence-corrected chi connectivity index (χ2v) is 15.4. The van der Waals surface area contributed by atoms with Crippen LogP contribution >= 0.6 is 0 Å². The van der Waals surface area contributed by atoms with Crippen molar-refractivity contribution < 1.29 is 0 Å². The molecular formula is C52H52N6. The van der Waals surface area contributed by atoms with E-state index in [2.05, 4.69) is 134 Å². The van der Waals surface area contributed by atoms with Gasteiger partial charge >= 0.3 is 0 Å². The van der Waals surface area contributed by atoms with Gasteiger partial charge in [-0.2, -0.15) is 0 Å². The first-order valence-corrected chi connectivity index (χ1v) is 19.6. The van der Waals surface area contributed by atoms with E-state index in [1.54, 1.807) is 0 Å². The minimum atomic E-state index is -0.0405. The van der Waals surface area contributed by atoms with Crippen LogP contribution in [0.15, 0.2) is 93.5 Å². The van der Waals surface area contributed by atoms with Crippen molar-refractivity contribution in [2.75, 3.05) is 26.2 Å². The van der Waals surface area contributed by atoms with E-state index in [0.717, 1.165) is 59.6 Å². The third kappa shape index (κ3) is 12.3. The number of rotatable bonds is 8. The van der Waals surface area contributed by atoms with E-state index >= 15 is 0 Å². The van der Waals surface area contributed by atoms with Crippen LogP contribution in [-0.2, 0) is 10.8 Å². The summed E-state index contributed by atoms with van der Waals surface area (Å²) in [5.41, 5.74) is 9.32. The van der Waals surface area contributed by atoms with E-state index in [1.165, 1.54) is 0 Å². The van der Waals surface area contributed by atoms with Crippen molar-refractivity contribution in [2.24, 2.45) is 20.7 Å². The van der Waals surface area contributed by atoms with Crippen LogP contribution in [0.3, 0.4) is 0 Å². The molecule has 290 valence electrons. The van der Waals surface area contributed by atoms with Crippen molar-refractivity contribution >= 4 is 11.4 Å². The molecule has 0 aliphatic rings. The SMILES string of the molecule is C#Cc1cc(C(C)(C)C)ccc1C#Cc1cc(N=NN(CC)CC)ccc1C#CC#Cc1ccc(N=NN(CC)CC)cc1C#Cc1ccc(C(C)(C)C)cc1C#C. The summed E-state index contributed by atoms with van der Waals surface area (Å²) < 4.78 is 0. The van der Waals surface area contributed by atoms with Crippen LogP contribution in [0.4, 0.5) is 11.4 Å². The topological polar surface area (TPSA) is 55.9 Å². The van der Waals surface area contributed by atoms with E-state index < -0.39 is 0 Å². The van der Waals surface area contributed by atoms with E-state index in [1.807, 2.05) is 98.4 Å². The summed E-state index contributed by atoms with van der Waals surface area (Å²) in [6, 6.07) is 23.5. The Morgan fingerprint density at radius 3 is 1.09 bits per heavy atom. The second-order valence-electron chi connectivity index (χ2n) is 15.4. The minimum Gasteiger partial charge on any atom is -0.279 e. The Labute approximate surface area is 347 Å². The molecule has 0 aliphatic heterocycles. The van der Waals surface area contributed by atoms with E-state index in [-0.39, 0.29) is 10.8 Å². The molecule has 58 heavy (non-hydrogen) atoms. The predicted octanol–water partition coefficient (Wildman–Crippen LogP) is 11.1. The molecule has 0 N–H and O–H groups in total. The van der Waals surface area contributed by atoms with Crippen LogP contribution in [0, 0.1) is 72.1 Å². The summed E-state index contributed by atoms with van der Waals surface area (Å²) in [6.07, 6.45) is 11.9. The summed E-state index contributed by atoms with van der Waals surface area (Å²) in [6.45, 7) is 24.1. The van der Waals surface area contributed by atoms with E-state index in [4.69, 9.17) is 12.8 Å². The third-order valence-corrected chi connectivity index (χ3v) is 9.24. The van der Waals surface area contributed by atoms with Crippen LogP contribution in [0.2, 0.25) is 0 Å². The zero-order valence-corrected chi connectivity index (χ0v) is 35.6. The molecule has 0 heterocycles. The maximum absolute atomic E-state index is 5.93. The van der Waals surface area contributed by atoms with Gasteiger partial charge in [-0.1, -0.05) is 111 Å². The fraction of sp³-hybridized carbons (Fsp3) is 0.308. The Hall–Kier alpha value is -6.96. The standard InChI is InChI=1S/C52H52N6/c1-13-39-35-47(51(7,8)9)31-27-43(39)23-25-45-37-49(53-55-57(15-3)16-4)33-29-41(45)21-19-20-22-42-30-34-50(54-56-58(17-5)18-6)38-46(42)26-24-44-28-32-48(52(10,11)12)36-40(44)14-2/h1-2,27-38H,15-18H2,3-12H3. The molecule has 0 atom stereocenters. The van der Waals surface area contributed by atoms with Gasteiger partial charge in [0.2, 0.25) is 0 Å². The van der Waals surface area contributed by atoms with Crippen LogP contribution < -0.4 is 0 Å². The number of nitrogens with zero attached hydrogens (tertiary/aromatic N) is 6. The Morgan fingerprint density at radius 2 is 0.759 bits per heavy atom. The fourth-order valence-electron chi connectivity index (χ4n) is 5.49. The van der Waals surface area contributed by atoms with Crippen LogP contribution in [0.5, 0.6) is 0 Å². The summed E-state index contributed by atoms with van der Waals surface area (Å²) in [7, 11) is 0. The molecule has 0 fully saturated rings. The highest BCUT2D eigenvalue weighted by molar-refractivity contribution is 5.63. The highest BCUT2D eigenvalue weighted by Gasteiger charge is 2.16. The van der Waals surface area contributed by atoms with Crippen molar-refractivity contribution in [1.82, 2.24) is 10.0 Å². The van der Waals surface area contributed by atoms with E-state index in [9.17, 15) is 0 Å². The molecule has 0 amide bonds. The lowest BCUT2D eigenvalue weighted by Crippen LogP contribution is -2.14. The monoisotopic (exact) mass is 760 g/mol. The maximum atomic E-state index is 5.93. The van der Waals surface area contributed by atoms with E-state index in [0.29, 0.717) is 33.6 Å². The Kier molecular flexibility index (Phi) is 15.3. The van der Waals surface area contributed by atoms with Gasteiger partial charge in [0.05, 0.1) is 11.4 Å². The highest BCUT2D eigenvalue weighted by Crippen LogP contribution is 2.26. The lowest BCUT2D eigenvalue weighted by atomic mass is 9.85. The van der Waals surface area contributed by atoms with Gasteiger partial charge in [-0.3, -0.25) is 10.0 Å². The van der Waals surface area contributed by atoms with Crippen molar-refractivity contribution in [3.05, 3.63) is 128 Å². The van der Waals surface area contributed by atoms with Crippen LogP contribution in [0.1, 0.15) is 125 Å². The van der Waals surface area contributed by atoms with Crippen molar-refractivity contribution in [2.45, 2.75) is 80.1 Å². The summed E-state index contributed by atoms with van der Waals surface area (Å²) in [4.78, 5) is 0. The molecule has 4 rings (SSSR count). The first-order valence-electron chi connectivity index (χ1n) is 19.6. The molecule has 4 aromatic carbocycles. The zero-order valence-electron chi connectivity index (χ0n) is 35.6. The first kappa shape index (κ1) is 43.8. The lowest BCUT2D eigenvalue weighted by Gasteiger charge is -2.19. The minimum absolute atomic E-state index is 0.0405. The maximum Gasteiger partial charge on any atom is 0.0887 e. The Bertz CT molecular complexity index is 2350. The second kappa shape index (κ2) is 20.3. The highest BCUT2D eigenvalue weighted by atomic mass is 15.5. The normalized spacial score (nSPS) is 10.8. The number of hydrogen-bond acceptors (Lipinski definition) is 4. The molecule has 0 spiro atoms. The molecule has 4 aromatic rings. The molecule has 0 saturated heterocycles. The molecule has 0 saturated carbocycles. The van der Waals surface area contributed by atoms with Crippen LogP contribution in [-0.4, -0.2) is 36.2 Å². The van der Waals surface area contributed by atoms with Gasteiger partial charge in [0.1, 0.15) is 0 Å². The van der Waals surface area contributed by atoms with Crippen molar-refractivity contribution in [3.8, 4) is 72.1 Å². The third-order valence-electron chi connectivity index (χ3n) is 9.24. The summed E-state index contributed by atoms with van der Waals surface area (Å²) >= 11 is 0. The van der Waals surface area contributed by atoms with Gasteiger partial charge < -0.3 is 0 Å². The molecular weight excluding hydrogens is 709 g/mol. The van der Waals surface area contributed by atoms with Gasteiger partial charge in [-0.25, -0.2) is 0 Å². The van der Waals surface area contributed by atoms with Crippen molar-refractivity contribution in [1.29, 1.82) is 0 Å². The zero-order chi connectivity index (χ0) is 42.3. The molecule has 0 bridgehead atoms. The number of terminal acetylenes is 2. The number of benzene rings is 4. The average Bonchev–Trinajstić information content (AvgIpc) is 3.21. The summed E-state index contributed by atoms with van der Waals surface area (Å²) in [5, 5.41) is 21.4. The Balaban J connectivity index is 1.79. The average molecular weight is 761 g/mol. The molecule has 6 nitrogen and oxygen atoms in total. The van der Waals surface area contributed by atoms with Gasteiger partial charge in [0.15, 0.2) is 0 Å². The van der Waals surface area contributed by atoms with Gasteiger partial charge in [0, 0.05) is 70.7 Å². The molecule has 6 heteroatoms. The van der Waals surface area contributed by atoms with Gasteiger partial charge in [-0.15, -0.1) is 23.1 Å². The molecule has 0 unspecified atom stereocenters. The molecule has 0 aliphatic carbocycles. The van der Waals surface area contributed by atoms with Crippen LogP contribution in [0.25, 0.3) is 0 Å². The number of hydrogen-bond donors (Lipinski definition) is 0. The van der Waals surface area contributed by atoms with Gasteiger partial charge in [0.25, 0.3) is 0 Å². The molecule has 0 radical (unpaired) electrons. The largest absolute Gasteiger partial charge is 0.279 e. The summed E-state index contributed by atoms with van der Waals surface area (Å²) in [5.74, 6) is 31.3.